The molecule has 2 aromatic rings. The zero-order chi connectivity index (χ0) is 10.1. The van der Waals surface area contributed by atoms with E-state index in [1.807, 2.05) is 19.1 Å². The number of nitrogens with two attached hydrogens (primary N) is 1. The molecule has 0 aromatic carbocycles. The molecular formula is C8H8ClN3S2. The van der Waals surface area contributed by atoms with Gasteiger partial charge < -0.3 is 0 Å². The molecule has 3 nitrogen and oxygen atoms in total. The van der Waals surface area contributed by atoms with E-state index in [4.69, 9.17) is 17.4 Å². The fourth-order valence-corrected chi connectivity index (χ4v) is 3.02. The Morgan fingerprint density at radius 2 is 2.21 bits per heavy atom. The number of aryl methyl sites for hydroxylation is 1. The summed E-state index contributed by atoms with van der Waals surface area (Å²) in [7, 11) is 0. The molecular weight excluding hydrogens is 238 g/mol. The number of halogens is 1. The fourth-order valence-electron chi connectivity index (χ4n) is 1.13. The number of hydrazine groups is 1. The highest BCUT2D eigenvalue weighted by molar-refractivity contribution is 7.20. The molecule has 0 saturated carbocycles. The Labute approximate surface area is 94.5 Å². The van der Waals surface area contributed by atoms with Crippen LogP contribution < -0.4 is 11.3 Å². The van der Waals surface area contributed by atoms with Crippen LogP contribution in [0.2, 0.25) is 4.34 Å². The van der Waals surface area contributed by atoms with Crippen LogP contribution in [0.1, 0.15) is 4.88 Å². The largest absolute Gasteiger partial charge is 0.300 e. The highest BCUT2D eigenvalue weighted by Gasteiger charge is 2.10. The van der Waals surface area contributed by atoms with Crippen molar-refractivity contribution < 1.29 is 0 Å². The molecule has 0 saturated heterocycles. The van der Waals surface area contributed by atoms with Gasteiger partial charge in [0.2, 0.25) is 0 Å². The first-order chi connectivity index (χ1) is 6.70. The summed E-state index contributed by atoms with van der Waals surface area (Å²) in [5, 5.41) is 0.724. The van der Waals surface area contributed by atoms with Gasteiger partial charge in [0.25, 0.3) is 0 Å². The van der Waals surface area contributed by atoms with Gasteiger partial charge in [-0.05, 0) is 19.1 Å². The van der Waals surface area contributed by atoms with E-state index < -0.39 is 0 Å². The van der Waals surface area contributed by atoms with Gasteiger partial charge in [-0.3, -0.25) is 5.43 Å². The van der Waals surface area contributed by atoms with Gasteiger partial charge in [0.05, 0.1) is 14.9 Å². The van der Waals surface area contributed by atoms with E-state index in [2.05, 4.69) is 10.4 Å². The lowest BCUT2D eigenvalue weighted by Gasteiger charge is -1.90. The summed E-state index contributed by atoms with van der Waals surface area (Å²) in [4.78, 5) is 6.56. The number of anilines is 1. The van der Waals surface area contributed by atoms with Crippen molar-refractivity contribution in [1.82, 2.24) is 4.98 Å². The molecule has 0 atom stereocenters. The van der Waals surface area contributed by atoms with E-state index in [0.29, 0.717) is 0 Å². The number of rotatable bonds is 2. The number of hydrogen-bond donors (Lipinski definition) is 2. The SMILES string of the molecule is Cc1sc(NN)nc1-c1ccc(Cl)s1. The number of nitrogens with one attached hydrogen (secondary N) is 1. The molecule has 0 unspecified atom stereocenters. The molecule has 2 heterocycles. The minimum Gasteiger partial charge on any atom is -0.300 e. The standard InChI is InChI=1S/C8H8ClN3S2/c1-4-7(11-8(12-10)13-4)5-2-3-6(9)14-5/h2-3H,10H2,1H3,(H,11,12). The normalized spacial score (nSPS) is 10.5. The van der Waals surface area contributed by atoms with E-state index >= 15 is 0 Å². The van der Waals surface area contributed by atoms with Crippen molar-refractivity contribution in [2.75, 3.05) is 5.43 Å². The molecule has 6 heteroatoms. The Kier molecular flexibility index (Phi) is 2.73. The Hall–Kier alpha value is -0.620. The third-order valence-electron chi connectivity index (χ3n) is 1.73. The average molecular weight is 246 g/mol. The van der Waals surface area contributed by atoms with Gasteiger partial charge in [-0.1, -0.05) is 11.6 Å². The molecule has 14 heavy (non-hydrogen) atoms. The zero-order valence-corrected chi connectivity index (χ0v) is 9.76. The van der Waals surface area contributed by atoms with Gasteiger partial charge >= 0.3 is 0 Å². The van der Waals surface area contributed by atoms with Crippen LogP contribution in [0.4, 0.5) is 5.13 Å². The number of nitrogens with zero attached hydrogens (tertiary/aromatic N) is 1. The monoisotopic (exact) mass is 245 g/mol. The van der Waals surface area contributed by atoms with Crippen LogP contribution in [0, 0.1) is 6.92 Å². The maximum absolute atomic E-state index is 5.86. The van der Waals surface area contributed by atoms with E-state index in [-0.39, 0.29) is 0 Å². The number of thiophene rings is 1. The molecule has 0 radical (unpaired) electrons. The second-order valence-electron chi connectivity index (χ2n) is 2.67. The van der Waals surface area contributed by atoms with Crippen molar-refractivity contribution in [2.24, 2.45) is 5.84 Å². The molecule has 3 N–H and O–H groups in total. The maximum Gasteiger partial charge on any atom is 0.197 e. The van der Waals surface area contributed by atoms with Crippen LogP contribution in [0.25, 0.3) is 10.6 Å². The molecule has 0 amide bonds. The van der Waals surface area contributed by atoms with E-state index in [1.165, 1.54) is 22.7 Å². The summed E-state index contributed by atoms with van der Waals surface area (Å²) in [5.41, 5.74) is 3.50. The first-order valence-electron chi connectivity index (χ1n) is 3.90. The first-order valence-corrected chi connectivity index (χ1v) is 5.91. The van der Waals surface area contributed by atoms with Crippen LogP contribution in [0.3, 0.4) is 0 Å². The van der Waals surface area contributed by atoms with Crippen LogP contribution >= 0.6 is 34.3 Å². The quantitative estimate of drug-likeness (QED) is 0.631. The third kappa shape index (κ3) is 1.76. The smallest absolute Gasteiger partial charge is 0.197 e. The Morgan fingerprint density at radius 3 is 2.71 bits per heavy atom. The van der Waals surface area contributed by atoms with Crippen molar-refractivity contribution in [1.29, 1.82) is 0 Å². The summed E-state index contributed by atoms with van der Waals surface area (Å²) in [6.07, 6.45) is 0. The predicted octanol–water partition coefficient (Wildman–Crippen LogP) is 3.12. The van der Waals surface area contributed by atoms with Gasteiger partial charge in [0.1, 0.15) is 0 Å². The molecule has 0 fully saturated rings. The predicted molar refractivity (Wildman–Crippen MR) is 63.0 cm³/mol. The summed E-state index contributed by atoms with van der Waals surface area (Å²) in [5.74, 6) is 5.29. The van der Waals surface area contributed by atoms with Crippen LogP contribution in [0.15, 0.2) is 12.1 Å². The van der Waals surface area contributed by atoms with E-state index in [0.717, 1.165) is 24.9 Å². The second-order valence-corrected chi connectivity index (χ2v) is 5.59. The van der Waals surface area contributed by atoms with Crippen LogP contribution in [0.5, 0.6) is 0 Å². The molecule has 0 aliphatic rings. The summed E-state index contributed by atoms with van der Waals surface area (Å²) < 4.78 is 0.773. The van der Waals surface area contributed by atoms with E-state index in [9.17, 15) is 0 Å². The molecule has 0 aliphatic carbocycles. The molecule has 0 bridgehead atoms. The molecule has 74 valence electrons. The van der Waals surface area contributed by atoms with Gasteiger partial charge in [-0.15, -0.1) is 22.7 Å². The molecule has 2 aromatic heterocycles. The van der Waals surface area contributed by atoms with Gasteiger partial charge in [-0.2, -0.15) is 0 Å². The lowest BCUT2D eigenvalue weighted by molar-refractivity contribution is 1.29. The number of hydrogen-bond acceptors (Lipinski definition) is 5. The number of nitrogen functional groups attached to an aromatic ring is 1. The van der Waals surface area contributed by atoms with Crippen molar-refractivity contribution in [2.45, 2.75) is 6.92 Å². The number of thiazole rings is 1. The molecule has 0 aliphatic heterocycles. The minimum absolute atomic E-state index is 0.724. The highest BCUT2D eigenvalue weighted by Crippen LogP contribution is 2.35. The maximum atomic E-state index is 5.86. The molecule has 2 rings (SSSR count). The summed E-state index contributed by atoms with van der Waals surface area (Å²) >= 11 is 8.91. The fraction of sp³-hybridized carbons (Fsp3) is 0.125. The average Bonchev–Trinajstić information content (AvgIpc) is 2.71. The van der Waals surface area contributed by atoms with Gasteiger partial charge in [-0.25, -0.2) is 10.8 Å². The van der Waals surface area contributed by atoms with Crippen LogP contribution in [-0.4, -0.2) is 4.98 Å². The first kappa shape index (κ1) is 9.92. The topological polar surface area (TPSA) is 50.9 Å². The Morgan fingerprint density at radius 1 is 1.43 bits per heavy atom. The molecule has 0 spiro atoms. The Balaban J connectivity index is 2.45. The van der Waals surface area contributed by atoms with Gasteiger partial charge in [0, 0.05) is 4.88 Å². The van der Waals surface area contributed by atoms with Crippen molar-refractivity contribution in [3.63, 3.8) is 0 Å². The third-order valence-corrected chi connectivity index (χ3v) is 3.87. The van der Waals surface area contributed by atoms with Gasteiger partial charge in [0.15, 0.2) is 5.13 Å². The summed E-state index contributed by atoms with van der Waals surface area (Å²) in [6, 6.07) is 3.84. The highest BCUT2D eigenvalue weighted by atomic mass is 35.5. The number of aromatic nitrogens is 1. The minimum atomic E-state index is 0.724. The summed E-state index contributed by atoms with van der Waals surface area (Å²) in [6.45, 7) is 2.02. The van der Waals surface area contributed by atoms with E-state index in [1.54, 1.807) is 0 Å². The van der Waals surface area contributed by atoms with Crippen molar-refractivity contribution in [3.05, 3.63) is 21.3 Å². The zero-order valence-electron chi connectivity index (χ0n) is 7.37. The van der Waals surface area contributed by atoms with Crippen molar-refractivity contribution in [3.8, 4) is 10.6 Å². The van der Waals surface area contributed by atoms with Crippen molar-refractivity contribution >= 4 is 39.4 Å². The second kappa shape index (κ2) is 3.86. The lowest BCUT2D eigenvalue weighted by Crippen LogP contribution is -2.05. The Bertz CT molecular complexity index is 449. The lowest BCUT2D eigenvalue weighted by atomic mass is 10.3. The van der Waals surface area contributed by atoms with Crippen LogP contribution in [-0.2, 0) is 0 Å².